The number of piperazine rings is 1. The van der Waals surface area contributed by atoms with Crippen molar-refractivity contribution in [2.75, 3.05) is 33.2 Å². The highest BCUT2D eigenvalue weighted by molar-refractivity contribution is 9.10. The Hall–Kier alpha value is -0.980. The third-order valence-corrected chi connectivity index (χ3v) is 4.22. The Labute approximate surface area is 115 Å². The summed E-state index contributed by atoms with van der Waals surface area (Å²) < 4.78 is 3.00. The maximum absolute atomic E-state index is 4.58. The lowest BCUT2D eigenvalue weighted by atomic mass is 10.3. The molecule has 0 radical (unpaired) electrons. The number of imidazole rings is 1. The zero-order valence-corrected chi connectivity index (χ0v) is 12.0. The van der Waals surface area contributed by atoms with E-state index in [4.69, 9.17) is 0 Å². The van der Waals surface area contributed by atoms with Crippen LogP contribution >= 0.6 is 15.9 Å². The van der Waals surface area contributed by atoms with Gasteiger partial charge in [-0.3, -0.25) is 9.30 Å². The lowest BCUT2D eigenvalue weighted by Crippen LogP contribution is -2.43. The summed E-state index contributed by atoms with van der Waals surface area (Å²) in [7, 11) is 2.17. The molecule has 0 aliphatic carbocycles. The van der Waals surface area contributed by atoms with Crippen molar-refractivity contribution in [2.24, 2.45) is 0 Å². The van der Waals surface area contributed by atoms with E-state index >= 15 is 0 Å². The van der Waals surface area contributed by atoms with E-state index in [1.807, 2.05) is 16.7 Å². The van der Waals surface area contributed by atoms with E-state index in [1.165, 1.54) is 0 Å². The lowest BCUT2D eigenvalue weighted by molar-refractivity contribution is 0.147. The zero-order chi connectivity index (χ0) is 12.5. The summed E-state index contributed by atoms with van der Waals surface area (Å²) >= 11 is 3.61. The zero-order valence-electron chi connectivity index (χ0n) is 10.4. The molecule has 0 aromatic carbocycles. The van der Waals surface area contributed by atoms with Gasteiger partial charge in [0.05, 0.1) is 5.69 Å². The molecule has 0 spiro atoms. The van der Waals surface area contributed by atoms with E-state index in [0.717, 1.165) is 48.8 Å². The number of nitrogens with zero attached hydrogens (tertiary/aromatic N) is 5. The number of hydrogen-bond acceptors (Lipinski definition) is 4. The lowest BCUT2D eigenvalue weighted by Gasteiger charge is -2.31. The van der Waals surface area contributed by atoms with Gasteiger partial charge in [-0.25, -0.2) is 9.97 Å². The highest BCUT2D eigenvalue weighted by Crippen LogP contribution is 2.19. The molecular formula is C12H16BrN5. The van der Waals surface area contributed by atoms with Gasteiger partial charge < -0.3 is 4.90 Å². The first-order chi connectivity index (χ1) is 8.74. The Balaban J connectivity index is 1.80. The minimum Gasteiger partial charge on any atom is -0.304 e. The van der Waals surface area contributed by atoms with Crippen LogP contribution in [-0.2, 0) is 6.54 Å². The smallest absolute Gasteiger partial charge is 0.234 e. The minimum atomic E-state index is 0.758. The predicted octanol–water partition coefficient (Wildman–Crippen LogP) is 1.24. The molecule has 96 valence electrons. The summed E-state index contributed by atoms with van der Waals surface area (Å²) in [4.78, 5) is 13.6. The highest BCUT2D eigenvalue weighted by atomic mass is 79.9. The fourth-order valence-corrected chi connectivity index (χ4v) is 2.71. The van der Waals surface area contributed by atoms with Crippen molar-refractivity contribution < 1.29 is 0 Å². The third kappa shape index (κ3) is 2.28. The average Bonchev–Trinajstić information content (AvgIpc) is 2.70. The Kier molecular flexibility index (Phi) is 3.32. The molecule has 1 aliphatic heterocycles. The van der Waals surface area contributed by atoms with E-state index in [0.29, 0.717) is 0 Å². The van der Waals surface area contributed by atoms with Gasteiger partial charge in [0.2, 0.25) is 5.78 Å². The third-order valence-electron chi connectivity index (χ3n) is 3.38. The van der Waals surface area contributed by atoms with Gasteiger partial charge in [-0.15, -0.1) is 0 Å². The van der Waals surface area contributed by atoms with Crippen molar-refractivity contribution in [3.63, 3.8) is 0 Å². The second-order valence-electron chi connectivity index (χ2n) is 4.72. The quantitative estimate of drug-likeness (QED) is 0.836. The van der Waals surface area contributed by atoms with Gasteiger partial charge in [-0.05, 0) is 29.0 Å². The maximum Gasteiger partial charge on any atom is 0.234 e. The molecule has 0 N–H and O–H groups in total. The molecule has 1 fully saturated rings. The first kappa shape index (κ1) is 12.1. The van der Waals surface area contributed by atoms with Gasteiger partial charge >= 0.3 is 0 Å². The van der Waals surface area contributed by atoms with Gasteiger partial charge in [0.25, 0.3) is 0 Å². The Bertz CT molecular complexity index is 544. The van der Waals surface area contributed by atoms with Gasteiger partial charge in [-0.2, -0.15) is 0 Å². The fourth-order valence-electron chi connectivity index (χ4n) is 2.22. The molecule has 2 aromatic heterocycles. The summed E-state index contributed by atoms with van der Waals surface area (Å²) in [6.07, 6.45) is 3.75. The Morgan fingerprint density at radius 3 is 2.78 bits per heavy atom. The number of aromatic nitrogens is 3. The normalized spacial score (nSPS) is 18.6. The van der Waals surface area contributed by atoms with Gasteiger partial charge in [-0.1, -0.05) is 0 Å². The highest BCUT2D eigenvalue weighted by Gasteiger charge is 2.17. The number of halogens is 1. The second kappa shape index (κ2) is 4.95. The molecule has 0 atom stereocenters. The minimum absolute atomic E-state index is 0.758. The monoisotopic (exact) mass is 309 g/mol. The van der Waals surface area contributed by atoms with Crippen molar-refractivity contribution >= 4 is 21.7 Å². The van der Waals surface area contributed by atoms with Gasteiger partial charge in [0.15, 0.2) is 0 Å². The molecule has 0 unspecified atom stereocenters. The van der Waals surface area contributed by atoms with Crippen LogP contribution in [0.15, 0.2) is 23.1 Å². The Morgan fingerprint density at radius 1 is 1.28 bits per heavy atom. The number of fused-ring (bicyclic) bond motifs is 1. The van der Waals surface area contributed by atoms with Crippen molar-refractivity contribution in [2.45, 2.75) is 6.54 Å². The fraction of sp³-hybridized carbons (Fsp3) is 0.500. The molecule has 0 saturated carbocycles. The summed E-state index contributed by atoms with van der Waals surface area (Å²) in [5.41, 5.74) is 1.07. The molecule has 0 bridgehead atoms. The van der Waals surface area contributed by atoms with E-state index < -0.39 is 0 Å². The number of hydrogen-bond donors (Lipinski definition) is 0. The van der Waals surface area contributed by atoms with E-state index in [1.54, 1.807) is 6.20 Å². The van der Waals surface area contributed by atoms with Gasteiger partial charge in [0.1, 0.15) is 4.60 Å². The number of likely N-dealkylation sites (N-methyl/N-ethyl adjacent to an activating group) is 1. The van der Waals surface area contributed by atoms with Crippen LogP contribution in [0.4, 0.5) is 0 Å². The number of rotatable bonds is 2. The van der Waals surface area contributed by atoms with E-state index in [2.05, 4.69) is 42.7 Å². The molecular weight excluding hydrogens is 294 g/mol. The van der Waals surface area contributed by atoms with Crippen LogP contribution in [0.25, 0.3) is 5.78 Å². The predicted molar refractivity (Wildman–Crippen MR) is 73.5 cm³/mol. The van der Waals surface area contributed by atoms with Gasteiger partial charge in [0, 0.05) is 45.1 Å². The first-order valence-electron chi connectivity index (χ1n) is 6.12. The van der Waals surface area contributed by atoms with E-state index in [-0.39, 0.29) is 0 Å². The van der Waals surface area contributed by atoms with Crippen molar-refractivity contribution in [1.82, 2.24) is 24.2 Å². The summed E-state index contributed by atoms with van der Waals surface area (Å²) in [5, 5.41) is 0. The Morgan fingerprint density at radius 2 is 2.06 bits per heavy atom. The molecule has 6 heteroatoms. The van der Waals surface area contributed by atoms with Crippen molar-refractivity contribution in [1.29, 1.82) is 0 Å². The van der Waals surface area contributed by atoms with Crippen LogP contribution in [0, 0.1) is 0 Å². The van der Waals surface area contributed by atoms with Crippen LogP contribution in [-0.4, -0.2) is 57.4 Å². The summed E-state index contributed by atoms with van der Waals surface area (Å²) in [5.74, 6) is 0.758. The van der Waals surface area contributed by atoms with Crippen LogP contribution in [0.3, 0.4) is 0 Å². The molecule has 3 rings (SSSR count). The second-order valence-corrected chi connectivity index (χ2v) is 5.47. The van der Waals surface area contributed by atoms with E-state index in [9.17, 15) is 0 Å². The molecule has 5 nitrogen and oxygen atoms in total. The molecule has 18 heavy (non-hydrogen) atoms. The van der Waals surface area contributed by atoms with Crippen molar-refractivity contribution in [3.8, 4) is 0 Å². The first-order valence-corrected chi connectivity index (χ1v) is 6.91. The van der Waals surface area contributed by atoms with Crippen LogP contribution in [0.5, 0.6) is 0 Å². The topological polar surface area (TPSA) is 36.7 Å². The SMILES string of the molecule is CN1CCN(Cc2nc3ncccn3c2Br)CC1. The summed E-state index contributed by atoms with van der Waals surface area (Å²) in [6.45, 7) is 5.35. The molecule has 1 aliphatic rings. The average molecular weight is 310 g/mol. The molecule has 0 amide bonds. The van der Waals surface area contributed by atoms with Crippen LogP contribution in [0.1, 0.15) is 5.69 Å². The van der Waals surface area contributed by atoms with Crippen molar-refractivity contribution in [3.05, 3.63) is 28.8 Å². The maximum atomic E-state index is 4.58. The molecule has 2 aromatic rings. The van der Waals surface area contributed by atoms with Crippen LogP contribution < -0.4 is 0 Å². The largest absolute Gasteiger partial charge is 0.304 e. The molecule has 3 heterocycles. The molecule has 1 saturated heterocycles. The summed E-state index contributed by atoms with van der Waals surface area (Å²) in [6, 6.07) is 1.92. The van der Waals surface area contributed by atoms with Crippen LogP contribution in [0.2, 0.25) is 0 Å². The standard InChI is InChI=1S/C12H16BrN5/c1-16-5-7-17(8-6-16)9-10-11(13)18-4-2-3-14-12(18)15-10/h2-4H,5-9H2,1H3.